The van der Waals surface area contributed by atoms with Crippen LogP contribution in [0.2, 0.25) is 10.0 Å². The van der Waals surface area contributed by atoms with Crippen molar-refractivity contribution in [3.63, 3.8) is 0 Å². The van der Waals surface area contributed by atoms with Crippen molar-refractivity contribution in [1.82, 2.24) is 0 Å². The molecule has 0 unspecified atom stereocenters. The van der Waals surface area contributed by atoms with E-state index in [0.717, 1.165) is 6.07 Å². The highest BCUT2D eigenvalue weighted by Gasteiger charge is 2.27. The zero-order valence-electron chi connectivity index (χ0n) is 15.4. The summed E-state index contributed by atoms with van der Waals surface area (Å²) in [6.45, 7) is 0. The lowest BCUT2D eigenvalue weighted by atomic mass is 10.0. The molecule has 0 spiro atoms. The average Bonchev–Trinajstić information content (AvgIpc) is 2.74. The number of anilines is 1. The Hall–Kier alpha value is -3.82. The highest BCUT2D eigenvalue weighted by atomic mass is 35.5. The molecule has 11 heteroatoms. The highest BCUT2D eigenvalue weighted by Crippen LogP contribution is 2.34. The molecule has 0 aliphatic carbocycles. The molecule has 0 bridgehead atoms. The zero-order valence-corrected chi connectivity index (χ0v) is 16.9. The van der Waals surface area contributed by atoms with Crippen LogP contribution in [-0.2, 0) is 0 Å². The van der Waals surface area contributed by atoms with Gasteiger partial charge in [0.15, 0.2) is 5.78 Å². The van der Waals surface area contributed by atoms with Crippen molar-refractivity contribution in [2.75, 3.05) is 5.32 Å². The van der Waals surface area contributed by atoms with E-state index in [1.54, 1.807) is 30.3 Å². The Morgan fingerprint density at radius 3 is 2.13 bits per heavy atom. The highest BCUT2D eigenvalue weighted by molar-refractivity contribution is 6.36. The molecule has 0 fully saturated rings. The van der Waals surface area contributed by atoms with E-state index in [1.165, 1.54) is 18.2 Å². The van der Waals surface area contributed by atoms with Gasteiger partial charge in [-0.1, -0.05) is 53.5 Å². The van der Waals surface area contributed by atoms with Crippen LogP contribution >= 0.6 is 23.2 Å². The standard InChI is InChI=1S/C20H11Cl2N3O6/c21-12-6-7-16(14(8-12)19(26)11-4-2-1-3-5-11)23-20(27)15-9-13(24(28)29)10-17(18(15)22)25(30)31/h1-10H,(H,23,27). The minimum atomic E-state index is -0.971. The Morgan fingerprint density at radius 2 is 1.52 bits per heavy atom. The Kier molecular flexibility index (Phi) is 6.28. The van der Waals surface area contributed by atoms with Gasteiger partial charge in [0.05, 0.1) is 27.2 Å². The summed E-state index contributed by atoms with van der Waals surface area (Å²) in [5.74, 6) is -1.41. The molecule has 0 heterocycles. The average molecular weight is 460 g/mol. The van der Waals surface area contributed by atoms with Crippen molar-refractivity contribution >= 4 is 52.0 Å². The molecular weight excluding hydrogens is 449 g/mol. The van der Waals surface area contributed by atoms with Crippen LogP contribution in [0.4, 0.5) is 17.1 Å². The Morgan fingerprint density at radius 1 is 0.839 bits per heavy atom. The van der Waals surface area contributed by atoms with Gasteiger partial charge in [0.2, 0.25) is 0 Å². The quantitative estimate of drug-likeness (QED) is 0.302. The number of ketones is 1. The summed E-state index contributed by atoms with van der Waals surface area (Å²) in [7, 11) is 0. The first-order valence-electron chi connectivity index (χ1n) is 8.52. The second kappa shape index (κ2) is 8.90. The smallest absolute Gasteiger partial charge is 0.295 e. The van der Waals surface area contributed by atoms with Gasteiger partial charge >= 0.3 is 0 Å². The summed E-state index contributed by atoms with van der Waals surface area (Å²) in [6.07, 6.45) is 0. The first-order chi connectivity index (χ1) is 14.7. The molecule has 0 atom stereocenters. The lowest BCUT2D eigenvalue weighted by Crippen LogP contribution is -2.16. The number of halogens is 2. The maximum Gasteiger partial charge on any atom is 0.295 e. The van der Waals surface area contributed by atoms with Crippen molar-refractivity contribution in [3.8, 4) is 0 Å². The number of hydrogen-bond donors (Lipinski definition) is 1. The molecule has 1 N–H and O–H groups in total. The van der Waals surface area contributed by atoms with Crippen molar-refractivity contribution in [1.29, 1.82) is 0 Å². The monoisotopic (exact) mass is 459 g/mol. The van der Waals surface area contributed by atoms with Crippen LogP contribution in [0.15, 0.2) is 60.7 Å². The minimum absolute atomic E-state index is 0.0495. The van der Waals surface area contributed by atoms with Crippen LogP contribution in [0.3, 0.4) is 0 Å². The van der Waals surface area contributed by atoms with E-state index < -0.39 is 43.5 Å². The molecule has 156 valence electrons. The Labute approximate surface area is 184 Å². The molecule has 0 saturated carbocycles. The van der Waals surface area contributed by atoms with Gasteiger partial charge in [0, 0.05) is 22.2 Å². The van der Waals surface area contributed by atoms with Gasteiger partial charge in [-0.3, -0.25) is 29.8 Å². The number of rotatable bonds is 6. The third kappa shape index (κ3) is 4.68. The molecule has 3 aromatic carbocycles. The van der Waals surface area contributed by atoms with Gasteiger partial charge in [-0.05, 0) is 18.2 Å². The van der Waals surface area contributed by atoms with E-state index in [1.807, 2.05) is 0 Å². The van der Waals surface area contributed by atoms with Gasteiger partial charge in [0.25, 0.3) is 17.3 Å². The van der Waals surface area contributed by atoms with Crippen molar-refractivity contribution in [2.24, 2.45) is 0 Å². The molecule has 3 aromatic rings. The van der Waals surface area contributed by atoms with Gasteiger partial charge in [-0.25, -0.2) is 0 Å². The van der Waals surface area contributed by atoms with Crippen LogP contribution in [0.1, 0.15) is 26.3 Å². The van der Waals surface area contributed by atoms with Gasteiger partial charge in [0.1, 0.15) is 5.02 Å². The predicted molar refractivity (Wildman–Crippen MR) is 114 cm³/mol. The van der Waals surface area contributed by atoms with E-state index in [-0.39, 0.29) is 16.3 Å². The van der Waals surface area contributed by atoms with Crippen LogP contribution in [-0.4, -0.2) is 21.5 Å². The van der Waals surface area contributed by atoms with Gasteiger partial charge in [-0.2, -0.15) is 0 Å². The van der Waals surface area contributed by atoms with E-state index in [0.29, 0.717) is 11.6 Å². The van der Waals surface area contributed by atoms with Crippen molar-refractivity contribution in [2.45, 2.75) is 0 Å². The van der Waals surface area contributed by atoms with Crippen LogP contribution < -0.4 is 5.32 Å². The van der Waals surface area contributed by atoms with E-state index in [2.05, 4.69) is 5.32 Å². The fourth-order valence-electron chi connectivity index (χ4n) is 2.75. The number of carbonyl (C=O) groups excluding carboxylic acids is 2. The molecule has 0 saturated heterocycles. The molecule has 31 heavy (non-hydrogen) atoms. The molecule has 0 radical (unpaired) electrons. The number of non-ortho nitro benzene ring substituents is 1. The van der Waals surface area contributed by atoms with Crippen LogP contribution in [0, 0.1) is 20.2 Å². The number of carbonyl (C=O) groups is 2. The van der Waals surface area contributed by atoms with Crippen LogP contribution in [0.5, 0.6) is 0 Å². The number of nitrogens with zero attached hydrogens (tertiary/aromatic N) is 2. The zero-order chi connectivity index (χ0) is 22.7. The summed E-state index contributed by atoms with van der Waals surface area (Å²) in [5, 5.41) is 24.4. The summed E-state index contributed by atoms with van der Waals surface area (Å²) in [5.41, 5.74) is -1.52. The fraction of sp³-hybridized carbons (Fsp3) is 0. The number of hydrogen-bond acceptors (Lipinski definition) is 6. The molecule has 1 amide bonds. The third-order valence-electron chi connectivity index (χ3n) is 4.20. The minimum Gasteiger partial charge on any atom is -0.321 e. The fourth-order valence-corrected chi connectivity index (χ4v) is 3.18. The topological polar surface area (TPSA) is 132 Å². The summed E-state index contributed by atoms with van der Waals surface area (Å²) in [6, 6.07) is 13.8. The lowest BCUT2D eigenvalue weighted by molar-refractivity contribution is -0.394. The van der Waals surface area contributed by atoms with Crippen LogP contribution in [0.25, 0.3) is 0 Å². The molecule has 0 aliphatic rings. The maximum atomic E-state index is 12.9. The number of nitro groups is 2. The number of nitro benzene ring substituents is 2. The van der Waals surface area contributed by atoms with Gasteiger partial charge in [-0.15, -0.1) is 0 Å². The summed E-state index contributed by atoms with van der Waals surface area (Å²) >= 11 is 12.0. The van der Waals surface area contributed by atoms with Crippen molar-refractivity contribution in [3.05, 3.63) is 108 Å². The maximum absolute atomic E-state index is 12.9. The number of benzene rings is 3. The van der Waals surface area contributed by atoms with E-state index in [9.17, 15) is 29.8 Å². The van der Waals surface area contributed by atoms with E-state index in [4.69, 9.17) is 23.2 Å². The second-order valence-corrected chi connectivity index (χ2v) is 6.99. The Bertz CT molecular complexity index is 1230. The SMILES string of the molecule is O=C(c1ccccc1)c1cc(Cl)ccc1NC(=O)c1cc([N+](=O)[O-])cc([N+](=O)[O-])c1Cl. The largest absolute Gasteiger partial charge is 0.321 e. The molecule has 3 rings (SSSR count). The molecular formula is C20H11Cl2N3O6. The predicted octanol–water partition coefficient (Wildman–Crippen LogP) is 5.29. The van der Waals surface area contributed by atoms with Gasteiger partial charge < -0.3 is 5.32 Å². The normalized spacial score (nSPS) is 10.4. The number of amides is 1. The molecule has 0 aromatic heterocycles. The van der Waals surface area contributed by atoms with E-state index >= 15 is 0 Å². The Balaban J connectivity index is 2.04. The summed E-state index contributed by atoms with van der Waals surface area (Å²) in [4.78, 5) is 46.1. The second-order valence-electron chi connectivity index (χ2n) is 6.18. The molecule has 9 nitrogen and oxygen atoms in total. The molecule has 0 aliphatic heterocycles. The van der Waals surface area contributed by atoms with Crippen molar-refractivity contribution < 1.29 is 19.4 Å². The first-order valence-corrected chi connectivity index (χ1v) is 9.27. The first kappa shape index (κ1) is 21.9. The third-order valence-corrected chi connectivity index (χ3v) is 4.83. The number of nitrogens with one attached hydrogen (secondary N) is 1. The summed E-state index contributed by atoms with van der Waals surface area (Å²) < 4.78 is 0. The lowest BCUT2D eigenvalue weighted by Gasteiger charge is -2.12.